The lowest BCUT2D eigenvalue weighted by molar-refractivity contribution is -0.114. The molecule has 1 aromatic heterocycles. The Morgan fingerprint density at radius 2 is 1.54 bits per heavy atom. The van der Waals surface area contributed by atoms with Crippen molar-refractivity contribution in [3.63, 3.8) is 0 Å². The first-order valence-corrected chi connectivity index (χ1v) is 9.50. The van der Waals surface area contributed by atoms with Gasteiger partial charge in [-0.15, -0.1) is 0 Å². The molecule has 4 aromatic rings. The maximum atomic E-state index is 11.2. The molecule has 0 fully saturated rings. The second-order valence-electron chi connectivity index (χ2n) is 6.42. The van der Waals surface area contributed by atoms with E-state index in [0.29, 0.717) is 10.0 Å². The number of rotatable bonds is 3. The molecular formula is C23H16Cl2N2O. The van der Waals surface area contributed by atoms with Crippen molar-refractivity contribution in [3.05, 3.63) is 83.0 Å². The summed E-state index contributed by atoms with van der Waals surface area (Å²) in [5.41, 5.74) is 4.36. The van der Waals surface area contributed by atoms with E-state index in [1.54, 1.807) is 6.20 Å². The Kier molecular flexibility index (Phi) is 5.03. The third-order valence-electron chi connectivity index (χ3n) is 4.52. The van der Waals surface area contributed by atoms with Crippen LogP contribution in [-0.2, 0) is 4.79 Å². The number of carbonyl (C=O) groups is 1. The Morgan fingerprint density at radius 3 is 2.21 bits per heavy atom. The zero-order valence-electron chi connectivity index (χ0n) is 15.0. The zero-order chi connectivity index (χ0) is 19.7. The molecule has 0 saturated carbocycles. The molecule has 0 aliphatic rings. The number of nitrogens with one attached hydrogen (secondary N) is 1. The van der Waals surface area contributed by atoms with Crippen LogP contribution in [0.25, 0.3) is 33.2 Å². The molecule has 0 saturated heterocycles. The van der Waals surface area contributed by atoms with Crippen LogP contribution in [0.3, 0.4) is 0 Å². The van der Waals surface area contributed by atoms with Gasteiger partial charge in [-0.25, -0.2) is 0 Å². The molecule has 0 atom stereocenters. The highest BCUT2D eigenvalue weighted by Crippen LogP contribution is 2.39. The van der Waals surface area contributed by atoms with E-state index in [2.05, 4.69) is 16.4 Å². The molecule has 0 aliphatic carbocycles. The van der Waals surface area contributed by atoms with Gasteiger partial charge in [0.05, 0.1) is 15.7 Å². The van der Waals surface area contributed by atoms with Crippen LogP contribution >= 0.6 is 23.2 Å². The summed E-state index contributed by atoms with van der Waals surface area (Å²) in [6, 6.07) is 21.3. The highest BCUT2D eigenvalue weighted by molar-refractivity contribution is 6.39. The van der Waals surface area contributed by atoms with Crippen molar-refractivity contribution in [3.8, 4) is 22.4 Å². The van der Waals surface area contributed by atoms with E-state index in [4.69, 9.17) is 23.2 Å². The lowest BCUT2D eigenvalue weighted by Crippen LogP contribution is -2.05. The topological polar surface area (TPSA) is 42.0 Å². The molecular weight excluding hydrogens is 391 g/mol. The molecule has 3 nitrogen and oxygen atoms in total. The Bertz CT molecular complexity index is 1170. The number of fused-ring (bicyclic) bond motifs is 1. The summed E-state index contributed by atoms with van der Waals surface area (Å²) in [7, 11) is 0. The standard InChI is InChI=1S/C23H16Cl2N2O/c1-14(28)27-16-10-8-15(9-11-16)17-4-2-5-19-18(17)12-13-26-23(19)22-20(24)6-3-7-21(22)25/h2-13H,1H3,(H,27,28). The van der Waals surface area contributed by atoms with Crippen LogP contribution in [0.1, 0.15) is 6.92 Å². The lowest BCUT2D eigenvalue weighted by atomic mass is 9.96. The van der Waals surface area contributed by atoms with Crippen molar-refractivity contribution in [2.45, 2.75) is 6.92 Å². The number of benzene rings is 3. The Morgan fingerprint density at radius 1 is 0.857 bits per heavy atom. The number of pyridine rings is 1. The van der Waals surface area contributed by atoms with Crippen LogP contribution < -0.4 is 5.32 Å². The molecule has 28 heavy (non-hydrogen) atoms. The summed E-state index contributed by atoms with van der Waals surface area (Å²) in [6.07, 6.45) is 1.77. The third-order valence-corrected chi connectivity index (χ3v) is 5.15. The first-order chi connectivity index (χ1) is 13.5. The van der Waals surface area contributed by atoms with Gasteiger partial charge in [0.15, 0.2) is 0 Å². The first kappa shape index (κ1) is 18.5. The number of anilines is 1. The van der Waals surface area contributed by atoms with Crippen LogP contribution in [0.2, 0.25) is 10.0 Å². The maximum absolute atomic E-state index is 11.2. The van der Waals surface area contributed by atoms with Crippen molar-refractivity contribution in [2.24, 2.45) is 0 Å². The minimum absolute atomic E-state index is 0.0924. The fraction of sp³-hybridized carbons (Fsp3) is 0.0435. The van der Waals surface area contributed by atoms with Crippen molar-refractivity contribution >= 4 is 45.6 Å². The second-order valence-corrected chi connectivity index (χ2v) is 7.23. The molecule has 5 heteroatoms. The predicted molar refractivity (Wildman–Crippen MR) is 117 cm³/mol. The minimum Gasteiger partial charge on any atom is -0.326 e. The largest absolute Gasteiger partial charge is 0.326 e. The number of hydrogen-bond donors (Lipinski definition) is 1. The smallest absolute Gasteiger partial charge is 0.221 e. The predicted octanol–water partition coefficient (Wildman–Crippen LogP) is 6.83. The van der Waals surface area contributed by atoms with E-state index >= 15 is 0 Å². The molecule has 0 radical (unpaired) electrons. The Labute approximate surface area is 172 Å². The van der Waals surface area contributed by atoms with Gasteiger partial charge >= 0.3 is 0 Å². The average Bonchev–Trinajstić information content (AvgIpc) is 2.68. The lowest BCUT2D eigenvalue weighted by Gasteiger charge is -2.13. The third kappa shape index (κ3) is 3.47. The van der Waals surface area contributed by atoms with Gasteiger partial charge in [-0.05, 0) is 46.8 Å². The second kappa shape index (κ2) is 7.63. The quantitative estimate of drug-likeness (QED) is 0.404. The van der Waals surface area contributed by atoms with Gasteiger partial charge in [0.25, 0.3) is 0 Å². The highest BCUT2D eigenvalue weighted by Gasteiger charge is 2.14. The average molecular weight is 407 g/mol. The van der Waals surface area contributed by atoms with Crippen LogP contribution in [0, 0.1) is 0 Å². The number of nitrogens with zero attached hydrogens (tertiary/aromatic N) is 1. The summed E-state index contributed by atoms with van der Waals surface area (Å²) >= 11 is 12.8. The monoisotopic (exact) mass is 406 g/mol. The van der Waals surface area contributed by atoms with E-state index in [0.717, 1.165) is 38.8 Å². The van der Waals surface area contributed by atoms with Gasteiger partial charge in [0.2, 0.25) is 5.91 Å². The summed E-state index contributed by atoms with van der Waals surface area (Å²) in [5.74, 6) is -0.0924. The van der Waals surface area contributed by atoms with E-state index in [1.807, 2.05) is 60.7 Å². The van der Waals surface area contributed by atoms with E-state index < -0.39 is 0 Å². The zero-order valence-corrected chi connectivity index (χ0v) is 16.6. The highest BCUT2D eigenvalue weighted by atomic mass is 35.5. The summed E-state index contributed by atoms with van der Waals surface area (Å²) in [5, 5.41) is 5.94. The molecule has 1 amide bonds. The Hall–Kier alpha value is -2.88. The summed E-state index contributed by atoms with van der Waals surface area (Å²) < 4.78 is 0. The molecule has 1 heterocycles. The molecule has 0 unspecified atom stereocenters. The molecule has 1 N–H and O–H groups in total. The van der Waals surface area contributed by atoms with Gasteiger partial charge in [-0.3, -0.25) is 9.78 Å². The van der Waals surface area contributed by atoms with Crippen LogP contribution in [0.5, 0.6) is 0 Å². The van der Waals surface area contributed by atoms with Crippen LogP contribution in [-0.4, -0.2) is 10.9 Å². The Balaban J connectivity index is 1.88. The van der Waals surface area contributed by atoms with Crippen molar-refractivity contribution in [1.82, 2.24) is 4.98 Å². The number of aromatic nitrogens is 1. The number of halogens is 2. The molecule has 0 bridgehead atoms. The molecule has 4 rings (SSSR count). The number of carbonyl (C=O) groups excluding carboxylic acids is 1. The maximum Gasteiger partial charge on any atom is 0.221 e. The van der Waals surface area contributed by atoms with E-state index in [9.17, 15) is 4.79 Å². The van der Waals surface area contributed by atoms with Crippen LogP contribution in [0.15, 0.2) is 72.9 Å². The first-order valence-electron chi connectivity index (χ1n) is 8.75. The fourth-order valence-electron chi connectivity index (χ4n) is 3.32. The van der Waals surface area contributed by atoms with Crippen LogP contribution in [0.4, 0.5) is 5.69 Å². The van der Waals surface area contributed by atoms with Crippen molar-refractivity contribution in [1.29, 1.82) is 0 Å². The molecule has 0 spiro atoms. The normalized spacial score (nSPS) is 10.8. The van der Waals surface area contributed by atoms with Gasteiger partial charge in [-0.2, -0.15) is 0 Å². The van der Waals surface area contributed by atoms with Crippen molar-refractivity contribution < 1.29 is 4.79 Å². The molecule has 3 aromatic carbocycles. The fourth-order valence-corrected chi connectivity index (χ4v) is 3.89. The number of amides is 1. The van der Waals surface area contributed by atoms with E-state index in [-0.39, 0.29) is 5.91 Å². The number of hydrogen-bond acceptors (Lipinski definition) is 2. The summed E-state index contributed by atoms with van der Waals surface area (Å²) in [4.78, 5) is 15.8. The van der Waals surface area contributed by atoms with Gasteiger partial charge in [0, 0.05) is 29.8 Å². The minimum atomic E-state index is -0.0924. The van der Waals surface area contributed by atoms with Gasteiger partial charge in [0.1, 0.15) is 0 Å². The van der Waals surface area contributed by atoms with E-state index in [1.165, 1.54) is 6.92 Å². The summed E-state index contributed by atoms with van der Waals surface area (Å²) in [6.45, 7) is 1.49. The van der Waals surface area contributed by atoms with Gasteiger partial charge in [-0.1, -0.05) is 59.6 Å². The van der Waals surface area contributed by atoms with Crippen molar-refractivity contribution in [2.75, 3.05) is 5.32 Å². The SMILES string of the molecule is CC(=O)Nc1ccc(-c2cccc3c(-c4c(Cl)cccc4Cl)nccc23)cc1. The van der Waals surface area contributed by atoms with Gasteiger partial charge < -0.3 is 5.32 Å². The molecule has 0 aliphatic heterocycles. The molecule has 138 valence electrons.